The highest BCUT2D eigenvalue weighted by Crippen LogP contribution is 2.30. The number of ether oxygens (including phenoxy) is 2. The Morgan fingerprint density at radius 2 is 1.70 bits per heavy atom. The molecule has 0 unspecified atom stereocenters. The third-order valence-corrected chi connectivity index (χ3v) is 4.52. The third-order valence-electron chi connectivity index (χ3n) is 4.52. The van der Waals surface area contributed by atoms with Gasteiger partial charge in [0.1, 0.15) is 6.61 Å². The molecule has 0 aliphatic carbocycles. The molecular formula is C21H24N2O7. The maximum Gasteiger partial charge on any atom is 0.417 e. The Balaban J connectivity index is 2.38. The van der Waals surface area contributed by atoms with Gasteiger partial charge in [0.15, 0.2) is 17.0 Å². The van der Waals surface area contributed by atoms with E-state index in [2.05, 4.69) is 0 Å². The van der Waals surface area contributed by atoms with Gasteiger partial charge in [-0.05, 0) is 30.2 Å². The first-order chi connectivity index (χ1) is 14.2. The fourth-order valence-corrected chi connectivity index (χ4v) is 2.99. The molecule has 4 N–H and O–H groups in total. The summed E-state index contributed by atoms with van der Waals surface area (Å²) in [6, 6.07) is 12.7. The standard InChI is InChI=1S/C21H24N2O7/c1-21(19(27)29-2,11-15-8-9-16(24)17(25)10-15)23(18(26)12-22)20(28)30-13-14-6-4-3-5-7-14/h3-10,24-25H,11-13,22H2,1-2H3/t21-/m0/s1. The fourth-order valence-electron chi connectivity index (χ4n) is 2.99. The first-order valence-corrected chi connectivity index (χ1v) is 9.06. The van der Waals surface area contributed by atoms with Crippen LogP contribution in [0.2, 0.25) is 0 Å². The second-order valence-electron chi connectivity index (χ2n) is 6.74. The molecule has 2 aromatic carbocycles. The smallest absolute Gasteiger partial charge is 0.417 e. The lowest BCUT2D eigenvalue weighted by atomic mass is 9.90. The van der Waals surface area contributed by atoms with E-state index < -0.39 is 35.8 Å². The van der Waals surface area contributed by atoms with Crippen molar-refractivity contribution in [3.63, 3.8) is 0 Å². The van der Waals surface area contributed by atoms with Crippen LogP contribution in [-0.4, -0.2) is 52.3 Å². The fraction of sp³-hybridized carbons (Fsp3) is 0.286. The van der Waals surface area contributed by atoms with Gasteiger partial charge < -0.3 is 25.4 Å². The average Bonchev–Trinajstić information content (AvgIpc) is 2.74. The van der Waals surface area contributed by atoms with Crippen LogP contribution in [0.5, 0.6) is 11.5 Å². The summed E-state index contributed by atoms with van der Waals surface area (Å²) in [4.78, 5) is 38.7. The topological polar surface area (TPSA) is 139 Å². The van der Waals surface area contributed by atoms with Crippen LogP contribution in [0.1, 0.15) is 18.1 Å². The van der Waals surface area contributed by atoms with Crippen molar-refractivity contribution in [1.82, 2.24) is 4.90 Å². The molecular weight excluding hydrogens is 392 g/mol. The lowest BCUT2D eigenvalue weighted by Gasteiger charge is -2.36. The molecule has 9 heteroatoms. The summed E-state index contributed by atoms with van der Waals surface area (Å²) < 4.78 is 10.1. The number of phenols is 2. The SMILES string of the molecule is COC(=O)[C@](C)(Cc1ccc(O)c(O)c1)N(C(=O)CN)C(=O)OCc1ccccc1. The zero-order valence-corrected chi connectivity index (χ0v) is 16.7. The zero-order valence-electron chi connectivity index (χ0n) is 16.7. The Morgan fingerprint density at radius 3 is 2.27 bits per heavy atom. The van der Waals surface area contributed by atoms with Crippen molar-refractivity contribution < 1.29 is 34.1 Å². The first-order valence-electron chi connectivity index (χ1n) is 9.06. The number of nitrogens with two attached hydrogens (primary N) is 1. The number of aromatic hydroxyl groups is 2. The quantitative estimate of drug-likeness (QED) is 0.458. The molecule has 0 radical (unpaired) electrons. The molecule has 9 nitrogen and oxygen atoms in total. The number of rotatable bonds is 7. The van der Waals surface area contributed by atoms with Gasteiger partial charge in [-0.25, -0.2) is 14.5 Å². The molecule has 0 aliphatic heterocycles. The van der Waals surface area contributed by atoms with Crippen LogP contribution < -0.4 is 5.73 Å². The Kier molecular flexibility index (Phi) is 7.38. The van der Waals surface area contributed by atoms with Crippen molar-refractivity contribution >= 4 is 18.0 Å². The lowest BCUT2D eigenvalue weighted by Crippen LogP contribution is -2.60. The van der Waals surface area contributed by atoms with Gasteiger partial charge in [0.05, 0.1) is 13.7 Å². The predicted octanol–water partition coefficient (Wildman–Crippen LogP) is 1.70. The molecule has 0 aliphatic rings. The minimum absolute atomic E-state index is 0.120. The average molecular weight is 416 g/mol. The molecule has 30 heavy (non-hydrogen) atoms. The third kappa shape index (κ3) is 5.06. The van der Waals surface area contributed by atoms with Crippen molar-refractivity contribution in [2.75, 3.05) is 13.7 Å². The molecule has 2 rings (SSSR count). The lowest BCUT2D eigenvalue weighted by molar-refractivity contribution is -0.158. The Hall–Kier alpha value is -3.59. The van der Waals surface area contributed by atoms with E-state index in [1.807, 2.05) is 0 Å². The summed E-state index contributed by atoms with van der Waals surface area (Å²) in [5, 5.41) is 19.3. The maximum atomic E-state index is 12.8. The van der Waals surface area contributed by atoms with Gasteiger partial charge in [-0.15, -0.1) is 0 Å². The minimum atomic E-state index is -1.82. The summed E-state index contributed by atoms with van der Waals surface area (Å²) >= 11 is 0. The molecule has 0 heterocycles. The van der Waals surface area contributed by atoms with Gasteiger partial charge in [-0.2, -0.15) is 0 Å². The van der Waals surface area contributed by atoms with Gasteiger partial charge in [-0.3, -0.25) is 4.79 Å². The van der Waals surface area contributed by atoms with E-state index in [1.54, 1.807) is 30.3 Å². The van der Waals surface area contributed by atoms with E-state index in [0.29, 0.717) is 16.0 Å². The van der Waals surface area contributed by atoms with Crippen molar-refractivity contribution in [1.29, 1.82) is 0 Å². The van der Waals surface area contributed by atoms with Crippen molar-refractivity contribution in [3.05, 3.63) is 59.7 Å². The van der Waals surface area contributed by atoms with E-state index in [1.165, 1.54) is 25.1 Å². The Bertz CT molecular complexity index is 917. The first kappa shape index (κ1) is 22.7. The maximum absolute atomic E-state index is 12.8. The number of hydrogen-bond acceptors (Lipinski definition) is 8. The monoisotopic (exact) mass is 416 g/mol. The summed E-state index contributed by atoms with van der Waals surface area (Å²) in [7, 11) is 1.12. The molecule has 0 saturated carbocycles. The van der Waals surface area contributed by atoms with Gasteiger partial charge >= 0.3 is 12.1 Å². The summed E-state index contributed by atoms with van der Waals surface area (Å²) in [6.45, 7) is 0.666. The van der Waals surface area contributed by atoms with Crippen molar-refractivity contribution in [2.45, 2.75) is 25.5 Å². The van der Waals surface area contributed by atoms with Gasteiger partial charge in [-0.1, -0.05) is 36.4 Å². The van der Waals surface area contributed by atoms with E-state index in [0.717, 1.165) is 7.11 Å². The normalized spacial score (nSPS) is 12.5. The van der Waals surface area contributed by atoms with E-state index in [-0.39, 0.29) is 18.8 Å². The molecule has 0 bridgehead atoms. The largest absolute Gasteiger partial charge is 0.504 e. The summed E-state index contributed by atoms with van der Waals surface area (Å²) in [5.41, 5.74) is 4.71. The van der Waals surface area contributed by atoms with Crippen LogP contribution in [0.4, 0.5) is 4.79 Å². The second-order valence-corrected chi connectivity index (χ2v) is 6.74. The highest BCUT2D eigenvalue weighted by atomic mass is 16.6. The van der Waals surface area contributed by atoms with E-state index in [9.17, 15) is 24.6 Å². The van der Waals surface area contributed by atoms with Gasteiger partial charge in [0.2, 0.25) is 5.91 Å². The molecule has 2 aromatic rings. The minimum Gasteiger partial charge on any atom is -0.504 e. The number of carbonyl (C=O) groups is 3. The molecule has 0 spiro atoms. The number of phenolic OH excluding ortho intramolecular Hbond substituents is 2. The van der Waals surface area contributed by atoms with Crippen molar-refractivity contribution in [2.24, 2.45) is 5.73 Å². The van der Waals surface area contributed by atoms with Crippen LogP contribution >= 0.6 is 0 Å². The summed E-state index contributed by atoms with van der Waals surface area (Å²) in [5.74, 6) is -2.49. The van der Waals surface area contributed by atoms with Crippen molar-refractivity contribution in [3.8, 4) is 11.5 Å². The summed E-state index contributed by atoms with van der Waals surface area (Å²) in [6.07, 6.45) is -1.27. The predicted molar refractivity (Wildman–Crippen MR) is 106 cm³/mol. The highest BCUT2D eigenvalue weighted by Gasteiger charge is 2.47. The number of methoxy groups -OCH3 is 1. The van der Waals surface area contributed by atoms with Crippen LogP contribution in [0.15, 0.2) is 48.5 Å². The van der Waals surface area contributed by atoms with Gasteiger partial charge in [0.25, 0.3) is 0 Å². The van der Waals surface area contributed by atoms with Crippen LogP contribution in [0, 0.1) is 0 Å². The molecule has 2 amide bonds. The number of imide groups is 1. The molecule has 0 saturated heterocycles. The Morgan fingerprint density at radius 1 is 1.03 bits per heavy atom. The number of hydrogen-bond donors (Lipinski definition) is 3. The number of amides is 2. The van der Waals surface area contributed by atoms with Crippen LogP contribution in [0.3, 0.4) is 0 Å². The molecule has 160 valence electrons. The zero-order chi connectivity index (χ0) is 22.3. The molecule has 0 fully saturated rings. The number of benzene rings is 2. The molecule has 1 atom stereocenters. The van der Waals surface area contributed by atoms with Crippen LogP contribution in [-0.2, 0) is 32.1 Å². The van der Waals surface area contributed by atoms with Gasteiger partial charge in [0, 0.05) is 6.42 Å². The number of nitrogens with zero attached hydrogens (tertiary/aromatic N) is 1. The van der Waals surface area contributed by atoms with Crippen LogP contribution in [0.25, 0.3) is 0 Å². The number of carbonyl (C=O) groups excluding carboxylic acids is 3. The highest BCUT2D eigenvalue weighted by molar-refractivity contribution is 5.99. The van der Waals surface area contributed by atoms with E-state index in [4.69, 9.17) is 15.2 Å². The molecule has 0 aromatic heterocycles. The Labute approximate surface area is 173 Å². The van der Waals surface area contributed by atoms with E-state index >= 15 is 0 Å². The second kappa shape index (κ2) is 9.75. The number of esters is 1.